The zero-order chi connectivity index (χ0) is 29.6. The van der Waals surface area contributed by atoms with Crippen molar-refractivity contribution >= 4 is 45.6 Å². The van der Waals surface area contributed by atoms with Crippen LogP contribution in [0.1, 0.15) is 29.1 Å². The molecule has 2 saturated heterocycles. The lowest BCUT2D eigenvalue weighted by Crippen LogP contribution is -2.45. The number of hydrogen-bond donors (Lipinski definition) is 2. The molecule has 0 bridgehead atoms. The van der Waals surface area contributed by atoms with Crippen molar-refractivity contribution in [3.63, 3.8) is 0 Å². The molecule has 0 saturated carbocycles. The number of alkyl halides is 3. The van der Waals surface area contributed by atoms with Crippen LogP contribution in [-0.4, -0.2) is 57.8 Å². The first-order chi connectivity index (χ1) is 20.1. The molecule has 2 N–H and O–H groups in total. The first-order valence-electron chi connectivity index (χ1n) is 13.3. The maximum Gasteiger partial charge on any atom is 0.427 e. The monoisotopic (exact) mass is 618 g/mol. The number of aromatic nitrogens is 3. The molecule has 4 aromatic rings. The van der Waals surface area contributed by atoms with E-state index < -0.39 is 11.1 Å². The molecule has 2 aromatic carbocycles. The Bertz CT molecular complexity index is 1710. The van der Waals surface area contributed by atoms with Gasteiger partial charge in [0.1, 0.15) is 22.3 Å². The fraction of sp³-hybridized carbons (Fsp3) is 0.357. The Morgan fingerprint density at radius 1 is 1.19 bits per heavy atom. The second-order valence-corrected chi connectivity index (χ2v) is 11.8. The highest BCUT2D eigenvalue weighted by Crippen LogP contribution is 2.40. The summed E-state index contributed by atoms with van der Waals surface area (Å²) in [4.78, 5) is 35.6. The van der Waals surface area contributed by atoms with Crippen molar-refractivity contribution in [2.75, 3.05) is 25.5 Å². The molecule has 0 unspecified atom stereocenters. The zero-order valence-corrected chi connectivity index (χ0v) is 23.9. The van der Waals surface area contributed by atoms with Crippen LogP contribution < -0.4 is 16.2 Å². The standard InChI is InChI=1S/C28H26ClF3N6O3S/c1-33-12-24-36-22-9-19(25-34-11-23(42-25)28(30,31)32)21(35-17-6-7-37-18(8-17)14-41-27(37)40)10-20(22)26(39)38(24)13-15-2-4-16(29)5-3-15/h2-5,9-11,17-18,33,35H,6-8,12-14H2,1H3/t17-,18-/m0/s1. The SMILES string of the molecule is CNCc1nc2cc(-c3ncc(C(F)(F)F)s3)c(N[C@H]3CCN4C(=O)OC[C@@H]4C3)cc2c(=O)n1Cc1ccc(Cl)cc1. The van der Waals surface area contributed by atoms with Gasteiger partial charge in [0.2, 0.25) is 0 Å². The van der Waals surface area contributed by atoms with Crippen molar-refractivity contribution < 1.29 is 22.7 Å². The summed E-state index contributed by atoms with van der Waals surface area (Å²) in [7, 11) is 1.74. The molecule has 0 spiro atoms. The Labute approximate surface area is 247 Å². The van der Waals surface area contributed by atoms with Gasteiger partial charge in [-0.15, -0.1) is 11.3 Å². The quantitative estimate of drug-likeness (QED) is 0.288. The molecule has 6 rings (SSSR count). The topological polar surface area (TPSA) is 101 Å². The molecule has 2 aliphatic heterocycles. The van der Waals surface area contributed by atoms with E-state index >= 15 is 0 Å². The van der Waals surface area contributed by atoms with E-state index in [0.29, 0.717) is 70.3 Å². The van der Waals surface area contributed by atoms with E-state index in [2.05, 4.69) is 15.6 Å². The third-order valence-electron chi connectivity index (χ3n) is 7.49. The second-order valence-electron chi connectivity index (χ2n) is 10.3. The summed E-state index contributed by atoms with van der Waals surface area (Å²) >= 11 is 6.58. The van der Waals surface area contributed by atoms with Gasteiger partial charge in [-0.05, 0) is 49.7 Å². The van der Waals surface area contributed by atoms with Gasteiger partial charge in [-0.2, -0.15) is 13.2 Å². The molecule has 0 radical (unpaired) electrons. The predicted octanol–water partition coefficient (Wildman–Crippen LogP) is 5.36. The summed E-state index contributed by atoms with van der Waals surface area (Å²) in [5.74, 6) is 0.477. The Balaban J connectivity index is 1.45. The van der Waals surface area contributed by atoms with Crippen molar-refractivity contribution in [1.29, 1.82) is 0 Å². The van der Waals surface area contributed by atoms with Crippen LogP contribution in [0.5, 0.6) is 0 Å². The van der Waals surface area contributed by atoms with Gasteiger partial charge in [0.25, 0.3) is 5.56 Å². The fourth-order valence-electron chi connectivity index (χ4n) is 5.42. The Morgan fingerprint density at radius 2 is 1.98 bits per heavy atom. The third kappa shape index (κ3) is 5.55. The van der Waals surface area contributed by atoms with E-state index in [0.717, 1.165) is 11.8 Å². The van der Waals surface area contributed by atoms with Crippen LogP contribution in [0.25, 0.3) is 21.5 Å². The molecular weight excluding hydrogens is 593 g/mol. The van der Waals surface area contributed by atoms with Gasteiger partial charge in [-0.25, -0.2) is 14.8 Å². The van der Waals surface area contributed by atoms with Gasteiger partial charge in [0.05, 0.1) is 36.2 Å². The zero-order valence-electron chi connectivity index (χ0n) is 22.4. The number of hydrogen-bond acceptors (Lipinski definition) is 8. The number of nitrogens with zero attached hydrogens (tertiary/aromatic N) is 4. The molecule has 0 aliphatic carbocycles. The summed E-state index contributed by atoms with van der Waals surface area (Å²) < 4.78 is 47.2. The van der Waals surface area contributed by atoms with Gasteiger partial charge in [0.15, 0.2) is 0 Å². The summed E-state index contributed by atoms with van der Waals surface area (Å²) in [6.07, 6.45) is -2.85. The molecular formula is C28H26ClF3N6O3S. The molecule has 9 nitrogen and oxygen atoms in total. The number of carbonyl (C=O) groups is 1. The predicted molar refractivity (Wildman–Crippen MR) is 154 cm³/mol. The highest BCUT2D eigenvalue weighted by Gasteiger charge is 2.38. The molecule has 14 heteroatoms. The molecule has 2 aliphatic rings. The van der Waals surface area contributed by atoms with Gasteiger partial charge in [-0.1, -0.05) is 23.7 Å². The van der Waals surface area contributed by atoms with E-state index in [1.807, 2.05) is 12.1 Å². The Morgan fingerprint density at radius 3 is 2.69 bits per heavy atom. The normalized spacial score (nSPS) is 18.8. The maximum atomic E-state index is 13.9. The maximum absolute atomic E-state index is 13.9. The van der Waals surface area contributed by atoms with Crippen LogP contribution in [0.2, 0.25) is 5.02 Å². The Hall–Kier alpha value is -3.68. The number of benzene rings is 2. The number of anilines is 1. The number of rotatable bonds is 7. The summed E-state index contributed by atoms with van der Waals surface area (Å²) in [6, 6.07) is 10.3. The number of ether oxygens (including phenoxy) is 1. The van der Waals surface area contributed by atoms with E-state index in [1.165, 1.54) is 0 Å². The molecule has 2 aromatic heterocycles. The number of amides is 1. The highest BCUT2D eigenvalue weighted by atomic mass is 35.5. The molecule has 4 heterocycles. The van der Waals surface area contributed by atoms with Crippen molar-refractivity contribution in [1.82, 2.24) is 24.8 Å². The van der Waals surface area contributed by atoms with Crippen LogP contribution in [-0.2, 0) is 24.0 Å². The van der Waals surface area contributed by atoms with Crippen molar-refractivity contribution in [2.45, 2.75) is 44.2 Å². The van der Waals surface area contributed by atoms with Crippen molar-refractivity contribution in [2.24, 2.45) is 0 Å². The number of nitrogens with one attached hydrogen (secondary N) is 2. The van der Waals surface area contributed by atoms with Crippen molar-refractivity contribution in [3.8, 4) is 10.6 Å². The smallest absolute Gasteiger partial charge is 0.427 e. The molecule has 1 amide bonds. The lowest BCUT2D eigenvalue weighted by atomic mass is 9.97. The number of fused-ring (bicyclic) bond motifs is 2. The third-order valence-corrected chi connectivity index (χ3v) is 8.81. The first kappa shape index (κ1) is 28.4. The van der Waals surface area contributed by atoms with Gasteiger partial charge >= 0.3 is 12.3 Å². The summed E-state index contributed by atoms with van der Waals surface area (Å²) in [5, 5.41) is 7.54. The largest absolute Gasteiger partial charge is 0.447 e. The average molecular weight is 619 g/mol. The van der Waals surface area contributed by atoms with E-state index in [1.54, 1.807) is 40.8 Å². The van der Waals surface area contributed by atoms with Crippen LogP contribution in [0, 0.1) is 0 Å². The van der Waals surface area contributed by atoms with Crippen LogP contribution in [0.4, 0.5) is 23.7 Å². The Kier molecular flexibility index (Phi) is 7.58. The minimum absolute atomic E-state index is 0.0910. The van der Waals surface area contributed by atoms with Gasteiger partial charge < -0.3 is 20.3 Å². The molecule has 42 heavy (non-hydrogen) atoms. The van der Waals surface area contributed by atoms with Crippen LogP contribution in [0.15, 0.2) is 47.4 Å². The van der Waals surface area contributed by atoms with E-state index in [4.69, 9.17) is 21.3 Å². The van der Waals surface area contributed by atoms with Gasteiger partial charge in [-0.3, -0.25) is 9.36 Å². The molecule has 2 fully saturated rings. The number of piperidine rings is 1. The average Bonchev–Trinajstić information content (AvgIpc) is 3.60. The number of halogens is 4. The van der Waals surface area contributed by atoms with Gasteiger partial charge in [0, 0.05) is 28.9 Å². The van der Waals surface area contributed by atoms with Crippen LogP contribution in [0.3, 0.4) is 0 Å². The first-order valence-corrected chi connectivity index (χ1v) is 14.5. The van der Waals surface area contributed by atoms with E-state index in [-0.39, 0.29) is 41.9 Å². The lowest BCUT2D eigenvalue weighted by Gasteiger charge is -2.33. The molecule has 220 valence electrons. The molecule has 2 atom stereocenters. The minimum Gasteiger partial charge on any atom is -0.447 e. The highest BCUT2D eigenvalue weighted by molar-refractivity contribution is 7.15. The van der Waals surface area contributed by atoms with Crippen molar-refractivity contribution in [3.05, 3.63) is 74.2 Å². The second kappa shape index (κ2) is 11.2. The summed E-state index contributed by atoms with van der Waals surface area (Å²) in [5.41, 5.74) is 1.83. The fourth-order valence-corrected chi connectivity index (χ4v) is 6.36. The number of thiazole rings is 1. The minimum atomic E-state index is -4.53. The summed E-state index contributed by atoms with van der Waals surface area (Å²) in [6.45, 7) is 1.33. The number of carbonyl (C=O) groups excluding carboxylic acids is 1. The van der Waals surface area contributed by atoms with E-state index in [9.17, 15) is 22.8 Å². The lowest BCUT2D eigenvalue weighted by molar-refractivity contribution is -0.134. The number of cyclic esters (lactones) is 1. The van der Waals surface area contributed by atoms with Crippen LogP contribution >= 0.6 is 22.9 Å².